The number of Topliss-reactive ketones (excluding diaryl/α,β-unsaturated/α-hetero) is 1. The highest BCUT2D eigenvalue weighted by Crippen LogP contribution is 2.25. The lowest BCUT2D eigenvalue weighted by Crippen LogP contribution is -2.02. The third-order valence-electron chi connectivity index (χ3n) is 1.67. The molecule has 1 rings (SSSR count). The molecule has 0 amide bonds. The van der Waals surface area contributed by atoms with E-state index in [9.17, 15) is 4.79 Å². The van der Waals surface area contributed by atoms with Crippen LogP contribution < -0.4 is 5.73 Å². The number of nitrogen functional groups attached to an aromatic ring is 1. The Kier molecular flexibility index (Phi) is 2.54. The van der Waals surface area contributed by atoms with E-state index in [-0.39, 0.29) is 27.6 Å². The van der Waals surface area contributed by atoms with Crippen LogP contribution in [0.3, 0.4) is 0 Å². The molecule has 0 fully saturated rings. The number of nitrogens with zero attached hydrogens (tertiary/aromatic N) is 1. The second-order valence-corrected chi connectivity index (χ2v) is 2.96. The average Bonchev–Trinajstić information content (AvgIpc) is 2.04. The summed E-state index contributed by atoms with van der Waals surface area (Å²) in [5.74, 6) is -0.236. The van der Waals surface area contributed by atoms with Gasteiger partial charge in [0.1, 0.15) is 6.07 Å². The standard InChI is InChI=1S/C9H7ClN2O/c1-5(13)8-7(10)3-2-6(4-11)9(8)12/h2-3H,12H2,1H3. The number of halogens is 1. The molecule has 0 spiro atoms. The van der Waals surface area contributed by atoms with Gasteiger partial charge in [0.15, 0.2) is 5.78 Å². The van der Waals surface area contributed by atoms with Crippen molar-refractivity contribution in [3.05, 3.63) is 28.3 Å². The van der Waals surface area contributed by atoms with Crippen molar-refractivity contribution < 1.29 is 4.79 Å². The van der Waals surface area contributed by atoms with Crippen molar-refractivity contribution in [3.63, 3.8) is 0 Å². The summed E-state index contributed by atoms with van der Waals surface area (Å²) in [5.41, 5.74) is 6.22. The molecule has 0 aliphatic carbocycles. The summed E-state index contributed by atoms with van der Waals surface area (Å²) >= 11 is 5.74. The predicted molar refractivity (Wildman–Crippen MR) is 50.6 cm³/mol. The summed E-state index contributed by atoms with van der Waals surface area (Å²) in [4.78, 5) is 11.1. The second kappa shape index (κ2) is 3.46. The van der Waals surface area contributed by atoms with Crippen LogP contribution in [0.25, 0.3) is 0 Å². The summed E-state index contributed by atoms with van der Waals surface area (Å²) in [6.07, 6.45) is 0. The van der Waals surface area contributed by atoms with Crippen LogP contribution in [0.2, 0.25) is 5.02 Å². The Balaban J connectivity index is 3.50. The minimum Gasteiger partial charge on any atom is -0.397 e. The van der Waals surface area contributed by atoms with E-state index in [2.05, 4.69) is 0 Å². The summed E-state index contributed by atoms with van der Waals surface area (Å²) in [6.45, 7) is 1.36. The fraction of sp³-hybridized carbons (Fsp3) is 0.111. The maximum atomic E-state index is 11.1. The third kappa shape index (κ3) is 1.63. The number of ketones is 1. The number of anilines is 1. The zero-order valence-corrected chi connectivity index (χ0v) is 7.72. The zero-order chi connectivity index (χ0) is 10.0. The van der Waals surface area contributed by atoms with Gasteiger partial charge >= 0.3 is 0 Å². The first-order valence-electron chi connectivity index (χ1n) is 3.57. The van der Waals surface area contributed by atoms with Gasteiger partial charge in [0.2, 0.25) is 0 Å². The van der Waals surface area contributed by atoms with Gasteiger partial charge in [-0.1, -0.05) is 11.6 Å². The molecule has 0 atom stereocenters. The highest BCUT2D eigenvalue weighted by Gasteiger charge is 2.12. The van der Waals surface area contributed by atoms with Crippen molar-refractivity contribution in [2.45, 2.75) is 6.92 Å². The van der Waals surface area contributed by atoms with Crippen molar-refractivity contribution in [1.82, 2.24) is 0 Å². The van der Waals surface area contributed by atoms with Gasteiger partial charge in [-0.2, -0.15) is 5.26 Å². The zero-order valence-electron chi connectivity index (χ0n) is 6.97. The molecule has 0 aliphatic rings. The molecule has 0 heterocycles. The molecule has 0 aromatic heterocycles. The number of nitrogens with two attached hydrogens (primary N) is 1. The minimum absolute atomic E-state index is 0.155. The maximum absolute atomic E-state index is 11.1. The monoisotopic (exact) mass is 194 g/mol. The van der Waals surface area contributed by atoms with Crippen LogP contribution in [0.1, 0.15) is 22.8 Å². The molecule has 2 N–H and O–H groups in total. The molecule has 1 aromatic rings. The number of benzene rings is 1. The molecule has 66 valence electrons. The molecule has 13 heavy (non-hydrogen) atoms. The van der Waals surface area contributed by atoms with Crippen LogP contribution in [-0.4, -0.2) is 5.78 Å². The summed E-state index contributed by atoms with van der Waals surface area (Å²) in [7, 11) is 0. The van der Waals surface area contributed by atoms with Gasteiger partial charge in [0, 0.05) is 0 Å². The first-order chi connectivity index (χ1) is 6.07. The molecular weight excluding hydrogens is 188 g/mol. The second-order valence-electron chi connectivity index (χ2n) is 2.55. The van der Waals surface area contributed by atoms with Gasteiger partial charge in [-0.15, -0.1) is 0 Å². The van der Waals surface area contributed by atoms with Crippen LogP contribution in [0, 0.1) is 11.3 Å². The van der Waals surface area contributed by atoms with Crippen LogP contribution in [0.4, 0.5) is 5.69 Å². The Hall–Kier alpha value is -1.53. The fourth-order valence-corrected chi connectivity index (χ4v) is 1.35. The Labute approximate surface area is 80.7 Å². The van der Waals surface area contributed by atoms with Crippen molar-refractivity contribution in [1.29, 1.82) is 5.26 Å². The quantitative estimate of drug-likeness (QED) is 0.549. The smallest absolute Gasteiger partial charge is 0.163 e. The number of hydrogen-bond donors (Lipinski definition) is 1. The Morgan fingerprint density at radius 2 is 2.23 bits per heavy atom. The van der Waals surface area contributed by atoms with E-state index in [0.29, 0.717) is 0 Å². The van der Waals surface area contributed by atoms with Crippen LogP contribution >= 0.6 is 11.6 Å². The highest BCUT2D eigenvalue weighted by atomic mass is 35.5. The molecule has 0 bridgehead atoms. The lowest BCUT2D eigenvalue weighted by atomic mass is 10.1. The first kappa shape index (κ1) is 9.56. The van der Waals surface area contributed by atoms with Crippen LogP contribution in [0.5, 0.6) is 0 Å². The molecule has 0 saturated heterocycles. The van der Waals surface area contributed by atoms with Crippen molar-refractivity contribution in [3.8, 4) is 6.07 Å². The SMILES string of the molecule is CC(=O)c1c(Cl)ccc(C#N)c1N. The van der Waals surface area contributed by atoms with Gasteiger partial charge in [-0.3, -0.25) is 4.79 Å². The van der Waals surface area contributed by atoms with Crippen molar-refractivity contribution in [2.24, 2.45) is 0 Å². The molecule has 1 aromatic carbocycles. The number of carbonyl (C=O) groups excluding carboxylic acids is 1. The summed E-state index contributed by atoms with van der Waals surface area (Å²) in [6, 6.07) is 4.87. The maximum Gasteiger partial charge on any atom is 0.163 e. The van der Waals surface area contributed by atoms with Crippen LogP contribution in [0.15, 0.2) is 12.1 Å². The molecule has 0 aliphatic heterocycles. The minimum atomic E-state index is -0.236. The van der Waals surface area contributed by atoms with Crippen LogP contribution in [-0.2, 0) is 0 Å². The van der Waals surface area contributed by atoms with E-state index in [4.69, 9.17) is 22.6 Å². The van der Waals surface area contributed by atoms with Gasteiger partial charge in [0.05, 0.1) is 21.8 Å². The largest absolute Gasteiger partial charge is 0.397 e. The molecule has 0 saturated carbocycles. The lowest BCUT2D eigenvalue weighted by molar-refractivity contribution is 0.101. The normalized spacial score (nSPS) is 9.31. The van der Waals surface area contributed by atoms with E-state index in [1.54, 1.807) is 0 Å². The Bertz CT molecular complexity index is 407. The first-order valence-corrected chi connectivity index (χ1v) is 3.94. The third-order valence-corrected chi connectivity index (χ3v) is 1.98. The summed E-state index contributed by atoms with van der Waals surface area (Å²) < 4.78 is 0. The Morgan fingerprint density at radius 3 is 2.69 bits per heavy atom. The number of carbonyl (C=O) groups is 1. The van der Waals surface area contributed by atoms with E-state index >= 15 is 0 Å². The Morgan fingerprint density at radius 1 is 1.62 bits per heavy atom. The van der Waals surface area contributed by atoms with Gasteiger partial charge in [-0.25, -0.2) is 0 Å². The number of rotatable bonds is 1. The van der Waals surface area contributed by atoms with Crippen molar-refractivity contribution in [2.75, 3.05) is 5.73 Å². The lowest BCUT2D eigenvalue weighted by Gasteiger charge is -2.05. The predicted octanol–water partition coefficient (Wildman–Crippen LogP) is 2.00. The molecule has 0 radical (unpaired) electrons. The van der Waals surface area contributed by atoms with Gasteiger partial charge in [0.25, 0.3) is 0 Å². The van der Waals surface area contributed by atoms with Crippen molar-refractivity contribution >= 4 is 23.1 Å². The fourth-order valence-electron chi connectivity index (χ4n) is 1.05. The van der Waals surface area contributed by atoms with E-state index in [1.165, 1.54) is 19.1 Å². The number of nitriles is 1. The highest BCUT2D eigenvalue weighted by molar-refractivity contribution is 6.34. The van der Waals surface area contributed by atoms with E-state index < -0.39 is 0 Å². The average molecular weight is 195 g/mol. The van der Waals surface area contributed by atoms with E-state index in [1.807, 2.05) is 6.07 Å². The summed E-state index contributed by atoms with van der Waals surface area (Å²) in [5, 5.41) is 8.91. The number of hydrogen-bond acceptors (Lipinski definition) is 3. The molecule has 3 nitrogen and oxygen atoms in total. The molecular formula is C9H7ClN2O. The molecule has 0 unspecified atom stereocenters. The van der Waals surface area contributed by atoms with E-state index in [0.717, 1.165) is 0 Å². The van der Waals surface area contributed by atoms with Gasteiger partial charge in [-0.05, 0) is 19.1 Å². The molecule has 4 heteroatoms. The van der Waals surface area contributed by atoms with Gasteiger partial charge < -0.3 is 5.73 Å². The topological polar surface area (TPSA) is 66.9 Å².